The number of aryl methyl sites for hydroxylation is 1. The fraction of sp³-hybridized carbons (Fsp3) is 0.308. The second-order valence-corrected chi connectivity index (χ2v) is 11.3. The second kappa shape index (κ2) is 9.24. The summed E-state index contributed by atoms with van der Waals surface area (Å²) >= 11 is 0. The summed E-state index contributed by atoms with van der Waals surface area (Å²) in [6.07, 6.45) is 5.65. The van der Waals surface area contributed by atoms with Gasteiger partial charge in [-0.2, -0.15) is 5.10 Å². The Kier molecular flexibility index (Phi) is 5.88. The third kappa shape index (κ3) is 4.44. The average Bonchev–Trinajstić information content (AvgIpc) is 3.22. The van der Waals surface area contributed by atoms with Crippen molar-refractivity contribution < 1.29 is 17.9 Å². The Morgan fingerprint density at radius 2 is 2.05 bits per heavy atom. The normalized spacial score (nSPS) is 16.6. The standard InChI is InChI=1S/C26H26N6O4S/c1-31-22-3-2-8-32(23(22)15-29-31)25-7-6-18-13-27-20(12-21(18)30-25)14-28-26(33)17-4-5-19-16-36-9-10-37(34,35)24(19)11-17/h4-7,11-13,15H,2-3,8-10,14,16H2,1H3,(H,28,33). The van der Waals surface area contributed by atoms with E-state index in [1.807, 2.05) is 36.1 Å². The van der Waals surface area contributed by atoms with Crippen LogP contribution in [0.1, 0.15) is 33.7 Å². The third-order valence-corrected chi connectivity index (χ3v) is 8.62. The van der Waals surface area contributed by atoms with Gasteiger partial charge in [-0.1, -0.05) is 6.07 Å². The molecule has 0 spiro atoms. The van der Waals surface area contributed by atoms with Crippen molar-refractivity contribution in [3.05, 3.63) is 71.3 Å². The minimum absolute atomic E-state index is 0.0966. The van der Waals surface area contributed by atoms with Crippen molar-refractivity contribution in [2.75, 3.05) is 23.8 Å². The van der Waals surface area contributed by atoms with Gasteiger partial charge in [0.05, 0.1) is 59.2 Å². The molecule has 2 aliphatic rings. The molecular formula is C26H26N6O4S. The van der Waals surface area contributed by atoms with Gasteiger partial charge >= 0.3 is 0 Å². The van der Waals surface area contributed by atoms with E-state index < -0.39 is 9.84 Å². The topological polar surface area (TPSA) is 119 Å². The number of carbonyl (C=O) groups is 1. The van der Waals surface area contributed by atoms with E-state index in [2.05, 4.69) is 20.3 Å². The molecule has 37 heavy (non-hydrogen) atoms. The van der Waals surface area contributed by atoms with Crippen LogP contribution in [0.2, 0.25) is 0 Å². The monoisotopic (exact) mass is 518 g/mol. The predicted octanol–water partition coefficient (Wildman–Crippen LogP) is 2.68. The van der Waals surface area contributed by atoms with Crippen LogP contribution >= 0.6 is 0 Å². The number of amides is 1. The molecule has 1 aromatic carbocycles. The van der Waals surface area contributed by atoms with Gasteiger partial charge in [-0.15, -0.1) is 0 Å². The molecule has 3 aromatic heterocycles. The maximum absolute atomic E-state index is 12.8. The summed E-state index contributed by atoms with van der Waals surface area (Å²) in [6, 6.07) is 10.5. The van der Waals surface area contributed by atoms with Gasteiger partial charge in [0, 0.05) is 30.7 Å². The number of fused-ring (bicyclic) bond motifs is 3. The number of hydrogen-bond acceptors (Lipinski definition) is 8. The molecule has 10 nitrogen and oxygen atoms in total. The van der Waals surface area contributed by atoms with Crippen LogP contribution in [0, 0.1) is 0 Å². The molecule has 0 radical (unpaired) electrons. The number of benzene rings is 1. The molecular weight excluding hydrogens is 492 g/mol. The van der Waals surface area contributed by atoms with Gasteiger partial charge in [0.25, 0.3) is 5.91 Å². The quantitative estimate of drug-likeness (QED) is 0.438. The first kappa shape index (κ1) is 23.6. The lowest BCUT2D eigenvalue weighted by atomic mass is 10.1. The predicted molar refractivity (Wildman–Crippen MR) is 137 cm³/mol. The molecule has 0 aliphatic carbocycles. The van der Waals surface area contributed by atoms with E-state index >= 15 is 0 Å². The van der Waals surface area contributed by atoms with Gasteiger partial charge in [-0.3, -0.25) is 14.5 Å². The maximum atomic E-state index is 12.8. The SMILES string of the molecule is Cn1ncc2c1CCCN2c1ccc2cnc(CNC(=O)c3ccc4c(c3)S(=O)(=O)CCOC4)cc2n1. The van der Waals surface area contributed by atoms with E-state index in [0.717, 1.165) is 41.8 Å². The van der Waals surface area contributed by atoms with Gasteiger partial charge in [0.1, 0.15) is 5.82 Å². The minimum atomic E-state index is -3.49. The fourth-order valence-corrected chi connectivity index (χ4v) is 6.25. The summed E-state index contributed by atoms with van der Waals surface area (Å²) in [4.78, 5) is 24.5. The number of aromatic nitrogens is 4. The number of pyridine rings is 2. The number of hydrogen-bond donors (Lipinski definition) is 1. The van der Waals surface area contributed by atoms with Crippen LogP contribution < -0.4 is 10.2 Å². The van der Waals surface area contributed by atoms with Gasteiger partial charge < -0.3 is 15.0 Å². The Morgan fingerprint density at radius 1 is 1.16 bits per heavy atom. The van der Waals surface area contributed by atoms with Gasteiger partial charge in [-0.25, -0.2) is 13.4 Å². The van der Waals surface area contributed by atoms with Crippen LogP contribution in [-0.4, -0.2) is 53.0 Å². The summed E-state index contributed by atoms with van der Waals surface area (Å²) in [7, 11) is -1.53. The molecule has 0 saturated carbocycles. The molecule has 0 bridgehead atoms. The molecule has 5 heterocycles. The van der Waals surface area contributed by atoms with Crippen molar-refractivity contribution in [1.29, 1.82) is 0 Å². The van der Waals surface area contributed by atoms with E-state index in [0.29, 0.717) is 11.3 Å². The number of nitrogens with zero attached hydrogens (tertiary/aromatic N) is 5. The van der Waals surface area contributed by atoms with Crippen LogP contribution in [0.4, 0.5) is 11.5 Å². The van der Waals surface area contributed by atoms with E-state index in [4.69, 9.17) is 9.72 Å². The lowest BCUT2D eigenvalue weighted by Crippen LogP contribution is -2.25. The molecule has 0 unspecified atom stereocenters. The smallest absolute Gasteiger partial charge is 0.251 e. The zero-order valence-corrected chi connectivity index (χ0v) is 21.2. The van der Waals surface area contributed by atoms with Crippen molar-refractivity contribution in [1.82, 2.24) is 25.1 Å². The first-order valence-electron chi connectivity index (χ1n) is 12.1. The van der Waals surface area contributed by atoms with E-state index in [1.54, 1.807) is 18.3 Å². The highest BCUT2D eigenvalue weighted by molar-refractivity contribution is 7.91. The van der Waals surface area contributed by atoms with Crippen LogP contribution in [0.25, 0.3) is 10.9 Å². The summed E-state index contributed by atoms with van der Waals surface area (Å²) in [5, 5.41) is 8.16. The average molecular weight is 519 g/mol. The van der Waals surface area contributed by atoms with Crippen LogP contribution in [0.5, 0.6) is 0 Å². The van der Waals surface area contributed by atoms with Crippen molar-refractivity contribution in [3.63, 3.8) is 0 Å². The summed E-state index contributed by atoms with van der Waals surface area (Å²) in [5.74, 6) is 0.377. The van der Waals surface area contributed by atoms with Gasteiger partial charge in [-0.05, 0) is 48.7 Å². The molecule has 0 atom stereocenters. The summed E-state index contributed by atoms with van der Waals surface area (Å²) in [5.41, 5.74) is 4.56. The highest BCUT2D eigenvalue weighted by atomic mass is 32.2. The minimum Gasteiger partial charge on any atom is -0.376 e. The van der Waals surface area contributed by atoms with E-state index in [-0.39, 0.29) is 41.9 Å². The largest absolute Gasteiger partial charge is 0.376 e. The van der Waals surface area contributed by atoms with Crippen LogP contribution in [0.3, 0.4) is 0 Å². The molecule has 0 fully saturated rings. The molecule has 4 aromatic rings. The van der Waals surface area contributed by atoms with Crippen molar-refractivity contribution in [2.24, 2.45) is 7.05 Å². The molecule has 190 valence electrons. The Hall–Kier alpha value is -3.83. The van der Waals surface area contributed by atoms with Gasteiger partial charge in [0.2, 0.25) is 0 Å². The maximum Gasteiger partial charge on any atom is 0.251 e. The zero-order valence-electron chi connectivity index (χ0n) is 20.3. The number of sulfone groups is 1. The Labute approximate surface area is 214 Å². The van der Waals surface area contributed by atoms with E-state index in [1.165, 1.54) is 11.8 Å². The second-order valence-electron chi connectivity index (χ2n) is 9.27. The van der Waals surface area contributed by atoms with E-state index in [9.17, 15) is 13.2 Å². The summed E-state index contributed by atoms with van der Waals surface area (Å²) < 4.78 is 32.4. The molecule has 6 rings (SSSR count). The Morgan fingerprint density at radius 3 is 2.95 bits per heavy atom. The lowest BCUT2D eigenvalue weighted by molar-refractivity contribution is 0.0950. The number of rotatable bonds is 4. The number of nitrogens with one attached hydrogen (secondary N) is 1. The van der Waals surface area contributed by atoms with Gasteiger partial charge in [0.15, 0.2) is 9.84 Å². The molecule has 11 heteroatoms. The molecule has 0 saturated heterocycles. The molecule has 1 amide bonds. The lowest BCUT2D eigenvalue weighted by Gasteiger charge is -2.28. The highest BCUT2D eigenvalue weighted by Crippen LogP contribution is 2.32. The Bertz CT molecular complexity index is 1630. The third-order valence-electron chi connectivity index (χ3n) is 6.87. The number of carbonyl (C=O) groups excluding carboxylic acids is 1. The van der Waals surface area contributed by atoms with Crippen LogP contribution in [0.15, 0.2) is 53.7 Å². The summed E-state index contributed by atoms with van der Waals surface area (Å²) in [6.45, 7) is 1.41. The van der Waals surface area contributed by atoms with Crippen LogP contribution in [-0.2, 0) is 41.2 Å². The van der Waals surface area contributed by atoms with Crippen molar-refractivity contribution in [3.8, 4) is 0 Å². The fourth-order valence-electron chi connectivity index (χ4n) is 4.86. The molecule has 2 aliphatic heterocycles. The Balaban J connectivity index is 1.22. The van der Waals surface area contributed by atoms with Crippen molar-refractivity contribution in [2.45, 2.75) is 30.9 Å². The first-order valence-corrected chi connectivity index (χ1v) is 13.8. The number of anilines is 2. The first-order chi connectivity index (χ1) is 17.9. The number of ether oxygens (including phenoxy) is 1. The molecule has 1 N–H and O–H groups in total. The highest BCUT2D eigenvalue weighted by Gasteiger charge is 2.24. The van der Waals surface area contributed by atoms with Crippen molar-refractivity contribution >= 4 is 38.2 Å². The zero-order chi connectivity index (χ0) is 25.6.